The van der Waals surface area contributed by atoms with E-state index in [2.05, 4.69) is 5.32 Å². The molecule has 6 nitrogen and oxygen atoms in total. The topological polar surface area (TPSA) is 101 Å². The number of hydrogen-bond acceptors (Lipinski definition) is 4. The lowest BCUT2D eigenvalue weighted by molar-refractivity contribution is -0.141. The Labute approximate surface area is 128 Å². The average molecular weight is 319 g/mol. The van der Waals surface area contributed by atoms with E-state index in [1.165, 1.54) is 18.2 Å². The molecule has 2 rings (SSSR count). The van der Waals surface area contributed by atoms with Crippen LogP contribution in [0.4, 0.5) is 0 Å². The van der Waals surface area contributed by atoms with Crippen LogP contribution in [0.2, 0.25) is 0 Å². The van der Waals surface area contributed by atoms with E-state index in [1.54, 1.807) is 30.3 Å². The van der Waals surface area contributed by atoms with Crippen LogP contribution in [0.1, 0.15) is 18.0 Å². The Bertz CT molecular complexity index is 782. The monoisotopic (exact) mass is 319 g/mol. The van der Waals surface area contributed by atoms with Gasteiger partial charge >= 0.3 is 5.97 Å². The van der Waals surface area contributed by atoms with E-state index < -0.39 is 28.2 Å². The summed E-state index contributed by atoms with van der Waals surface area (Å²) in [4.78, 5) is 23.6. The highest BCUT2D eigenvalue weighted by Gasteiger charge is 2.23. The molecule has 0 aromatic heterocycles. The smallest absolute Gasteiger partial charge is 0.330 e. The van der Waals surface area contributed by atoms with Crippen LogP contribution in [0.25, 0.3) is 0 Å². The maximum atomic E-state index is 12.1. The standard InChI is InChI=1S/C15H13NO5S/c17-14(11-6-8-12(9-7-11)22(20)21)16-13(15(18)19)10-4-2-1-3-5-10/h1-8,13H,9H2,(H,16,17)(H,18,19). The number of hydrogen-bond donors (Lipinski definition) is 2. The largest absolute Gasteiger partial charge is 0.479 e. The van der Waals surface area contributed by atoms with Crippen LogP contribution in [0.15, 0.2) is 54.1 Å². The molecule has 1 aliphatic rings. The third-order valence-corrected chi connectivity index (χ3v) is 3.83. The number of allylic oxidation sites excluding steroid dienone is 2. The summed E-state index contributed by atoms with van der Waals surface area (Å²) in [6.45, 7) is 0. The van der Waals surface area contributed by atoms with E-state index in [-0.39, 0.29) is 16.9 Å². The summed E-state index contributed by atoms with van der Waals surface area (Å²) in [5.74, 6) is -1.74. The van der Waals surface area contributed by atoms with Crippen molar-refractivity contribution < 1.29 is 23.1 Å². The Morgan fingerprint density at radius 2 is 1.82 bits per heavy atom. The maximum Gasteiger partial charge on any atom is 0.330 e. The number of nitrogens with one attached hydrogen (secondary N) is 1. The van der Waals surface area contributed by atoms with Gasteiger partial charge in [0.25, 0.3) is 5.91 Å². The fourth-order valence-corrected chi connectivity index (χ4v) is 2.37. The van der Waals surface area contributed by atoms with Crippen molar-refractivity contribution in [2.45, 2.75) is 12.5 Å². The van der Waals surface area contributed by atoms with Gasteiger partial charge in [-0.05, 0) is 17.7 Å². The highest BCUT2D eigenvalue weighted by atomic mass is 32.2. The second kappa shape index (κ2) is 6.86. The normalized spacial score (nSPS) is 14.9. The molecule has 0 spiro atoms. The van der Waals surface area contributed by atoms with Gasteiger partial charge in [-0.3, -0.25) is 4.79 Å². The van der Waals surface area contributed by atoms with E-state index in [0.717, 1.165) is 0 Å². The summed E-state index contributed by atoms with van der Waals surface area (Å²) in [7, 11) is -2.32. The van der Waals surface area contributed by atoms with Crippen molar-refractivity contribution in [1.82, 2.24) is 5.32 Å². The van der Waals surface area contributed by atoms with Crippen molar-refractivity contribution in [3.05, 3.63) is 59.7 Å². The quantitative estimate of drug-likeness (QED) is 0.802. The molecule has 0 heterocycles. The molecule has 0 saturated carbocycles. The SMILES string of the molecule is O=C(NC(C(=O)O)c1ccccc1)C1=CCC(=S(=O)=O)C=C1. The van der Waals surface area contributed by atoms with Crippen molar-refractivity contribution in [2.75, 3.05) is 0 Å². The molecule has 1 amide bonds. The molecular formula is C15H13NO5S. The van der Waals surface area contributed by atoms with Crippen LogP contribution in [0.3, 0.4) is 0 Å². The fraction of sp³-hybridized carbons (Fsp3) is 0.133. The molecule has 22 heavy (non-hydrogen) atoms. The number of carbonyl (C=O) groups is 2. The number of rotatable bonds is 4. The van der Waals surface area contributed by atoms with Crippen LogP contribution >= 0.6 is 0 Å². The van der Waals surface area contributed by atoms with Crippen LogP contribution in [-0.4, -0.2) is 30.3 Å². The maximum absolute atomic E-state index is 12.1. The molecule has 2 N–H and O–H groups in total. The summed E-state index contributed by atoms with van der Waals surface area (Å²) in [5, 5.41) is 11.7. The van der Waals surface area contributed by atoms with Crippen LogP contribution < -0.4 is 5.32 Å². The highest BCUT2D eigenvalue weighted by molar-refractivity contribution is 7.73. The van der Waals surface area contributed by atoms with Crippen molar-refractivity contribution >= 4 is 27.0 Å². The molecule has 0 aliphatic heterocycles. The van der Waals surface area contributed by atoms with Gasteiger partial charge in [0.15, 0.2) is 6.04 Å². The second-order valence-electron chi connectivity index (χ2n) is 4.55. The summed E-state index contributed by atoms with van der Waals surface area (Å²) in [6.07, 6.45) is 4.24. The van der Waals surface area contributed by atoms with Crippen molar-refractivity contribution in [3.8, 4) is 0 Å². The second-order valence-corrected chi connectivity index (χ2v) is 5.55. The molecule has 1 aliphatic carbocycles. The molecule has 0 saturated heterocycles. The van der Waals surface area contributed by atoms with Gasteiger partial charge < -0.3 is 10.4 Å². The number of benzene rings is 1. The van der Waals surface area contributed by atoms with Gasteiger partial charge in [-0.25, -0.2) is 4.79 Å². The Kier molecular flexibility index (Phi) is 4.90. The van der Waals surface area contributed by atoms with Crippen molar-refractivity contribution in [3.63, 3.8) is 0 Å². The average Bonchev–Trinajstić information content (AvgIpc) is 2.53. The molecule has 7 heteroatoms. The first-order chi connectivity index (χ1) is 10.5. The Balaban J connectivity index is 2.16. The van der Waals surface area contributed by atoms with Crippen LogP contribution in [-0.2, 0) is 19.9 Å². The minimum absolute atomic E-state index is 0.110. The van der Waals surface area contributed by atoms with Gasteiger partial charge in [-0.2, -0.15) is 8.42 Å². The predicted molar refractivity (Wildman–Crippen MR) is 80.7 cm³/mol. The highest BCUT2D eigenvalue weighted by Crippen LogP contribution is 2.15. The first kappa shape index (κ1) is 15.7. The number of amides is 1. The number of carboxylic acid groups (broad SMARTS) is 1. The lowest BCUT2D eigenvalue weighted by atomic mass is 10.0. The Hall–Kier alpha value is -2.67. The van der Waals surface area contributed by atoms with E-state index in [1.807, 2.05) is 0 Å². The first-order valence-corrected chi connectivity index (χ1v) is 7.48. The molecule has 1 aromatic carbocycles. The molecule has 1 unspecified atom stereocenters. The van der Waals surface area contributed by atoms with Crippen LogP contribution in [0.5, 0.6) is 0 Å². The molecule has 114 valence electrons. The number of aliphatic carboxylic acids is 1. The van der Waals surface area contributed by atoms with Gasteiger partial charge in [0, 0.05) is 12.0 Å². The van der Waals surface area contributed by atoms with E-state index in [4.69, 9.17) is 0 Å². The zero-order valence-electron chi connectivity index (χ0n) is 11.4. The summed E-state index contributed by atoms with van der Waals surface area (Å²) in [5.41, 5.74) is 0.688. The number of carboxylic acids is 1. The zero-order chi connectivity index (χ0) is 16.1. The van der Waals surface area contributed by atoms with Crippen LogP contribution in [0, 0.1) is 0 Å². The van der Waals surface area contributed by atoms with Gasteiger partial charge in [0.2, 0.25) is 10.3 Å². The van der Waals surface area contributed by atoms with Gasteiger partial charge in [0.05, 0.1) is 4.86 Å². The summed E-state index contributed by atoms with van der Waals surface area (Å²) in [6, 6.07) is 7.16. The number of carbonyl (C=O) groups excluding carboxylic acids is 1. The Morgan fingerprint density at radius 1 is 1.14 bits per heavy atom. The zero-order valence-corrected chi connectivity index (χ0v) is 12.2. The lowest BCUT2D eigenvalue weighted by Crippen LogP contribution is -2.34. The molecule has 0 radical (unpaired) electrons. The van der Waals surface area contributed by atoms with Gasteiger partial charge in [-0.15, -0.1) is 0 Å². The minimum Gasteiger partial charge on any atom is -0.479 e. The molecule has 1 atom stereocenters. The molecule has 0 fully saturated rings. The van der Waals surface area contributed by atoms with E-state index >= 15 is 0 Å². The molecule has 0 bridgehead atoms. The molecule has 1 aromatic rings. The fourth-order valence-electron chi connectivity index (χ4n) is 1.97. The summed E-state index contributed by atoms with van der Waals surface area (Å²) >= 11 is 0. The van der Waals surface area contributed by atoms with Crippen molar-refractivity contribution in [2.24, 2.45) is 0 Å². The van der Waals surface area contributed by atoms with Gasteiger partial charge in [-0.1, -0.05) is 36.4 Å². The van der Waals surface area contributed by atoms with Crippen molar-refractivity contribution in [1.29, 1.82) is 0 Å². The molecular weight excluding hydrogens is 306 g/mol. The summed E-state index contributed by atoms with van der Waals surface area (Å²) < 4.78 is 21.6. The third kappa shape index (κ3) is 3.70. The van der Waals surface area contributed by atoms with Gasteiger partial charge in [0.1, 0.15) is 0 Å². The van der Waals surface area contributed by atoms with E-state index in [9.17, 15) is 23.1 Å². The third-order valence-electron chi connectivity index (χ3n) is 3.10. The Morgan fingerprint density at radius 3 is 2.32 bits per heavy atom. The van der Waals surface area contributed by atoms with E-state index in [0.29, 0.717) is 5.56 Å². The predicted octanol–water partition coefficient (Wildman–Crippen LogP) is 0.866. The lowest BCUT2D eigenvalue weighted by Gasteiger charge is -2.16. The minimum atomic E-state index is -2.32. The first-order valence-electron chi connectivity index (χ1n) is 6.41.